The minimum atomic E-state index is -2.96. The Labute approximate surface area is 275 Å². The predicted octanol–water partition coefficient (Wildman–Crippen LogP) is 9.71. The summed E-state index contributed by atoms with van der Waals surface area (Å²) in [6, 6.07) is 7.95. The number of aromatic nitrogens is 3. The maximum atomic E-state index is 16.2. The Kier molecular flexibility index (Phi) is 9.40. The van der Waals surface area contributed by atoms with Crippen molar-refractivity contribution in [2.45, 2.75) is 91.2 Å². The van der Waals surface area contributed by atoms with Crippen LogP contribution >= 0.6 is 11.6 Å². The number of aryl methyl sites for hydroxylation is 1. The second-order valence-corrected chi connectivity index (χ2v) is 13.8. The minimum absolute atomic E-state index is 0.0385. The third-order valence-corrected chi connectivity index (χ3v) is 9.60. The molecular weight excluding hydrogens is 635 g/mol. The molecule has 1 unspecified atom stereocenters. The quantitative estimate of drug-likeness (QED) is 0.150. The van der Waals surface area contributed by atoms with Crippen molar-refractivity contribution < 1.29 is 22.0 Å². The Balaban J connectivity index is 1.82. The number of rotatable bonds is 8. The number of pyridine rings is 1. The summed E-state index contributed by atoms with van der Waals surface area (Å²) in [5.74, 6) is -5.19. The lowest BCUT2D eigenvalue weighted by Gasteiger charge is -2.33. The largest absolute Gasteiger partial charge is 0.304 e. The molecule has 0 spiro atoms. The third kappa shape index (κ3) is 6.71. The van der Waals surface area contributed by atoms with Crippen molar-refractivity contribution >= 4 is 28.3 Å². The molecule has 1 aliphatic carbocycles. The van der Waals surface area contributed by atoms with Crippen LogP contribution in [0.3, 0.4) is 0 Å². The first-order valence-corrected chi connectivity index (χ1v) is 16.1. The molecule has 1 atom stereocenters. The number of hydrogen-bond acceptors (Lipinski definition) is 4. The Bertz CT molecular complexity index is 1910. The third-order valence-electron chi connectivity index (χ3n) is 9.28. The van der Waals surface area contributed by atoms with E-state index in [-0.39, 0.29) is 46.5 Å². The van der Waals surface area contributed by atoms with Crippen molar-refractivity contribution in [2.24, 2.45) is 11.8 Å². The van der Waals surface area contributed by atoms with E-state index in [2.05, 4.69) is 4.98 Å². The van der Waals surface area contributed by atoms with Crippen LogP contribution in [0.1, 0.15) is 93.1 Å². The van der Waals surface area contributed by atoms with Gasteiger partial charge in [-0.25, -0.2) is 31.9 Å². The van der Waals surface area contributed by atoms with E-state index in [0.717, 1.165) is 6.07 Å². The van der Waals surface area contributed by atoms with E-state index in [9.17, 15) is 22.4 Å². The molecule has 11 heteroatoms. The fourth-order valence-corrected chi connectivity index (χ4v) is 6.80. The highest BCUT2D eigenvalue weighted by Gasteiger charge is 2.46. The number of hydrogen-bond donors (Lipinski definition) is 1. The number of fused-ring (bicyclic) bond motifs is 1. The summed E-state index contributed by atoms with van der Waals surface area (Å²) in [5.41, 5.74) is -0.256. The number of benzene rings is 2. The Hall–Kier alpha value is -3.66. The Morgan fingerprint density at radius 1 is 0.957 bits per heavy atom. The lowest BCUT2D eigenvalue weighted by atomic mass is 9.81. The lowest BCUT2D eigenvalue weighted by Crippen LogP contribution is -2.34. The van der Waals surface area contributed by atoms with E-state index in [4.69, 9.17) is 22.0 Å². The fraction of sp³-hybridized carbons (Fsp3) is 0.444. The van der Waals surface area contributed by atoms with Gasteiger partial charge in [-0.05, 0) is 92.0 Å². The molecule has 0 radical (unpaired) electrons. The van der Waals surface area contributed by atoms with Gasteiger partial charge in [0.2, 0.25) is 5.92 Å². The van der Waals surface area contributed by atoms with Gasteiger partial charge in [0.15, 0.2) is 11.3 Å². The van der Waals surface area contributed by atoms with Crippen LogP contribution in [0.4, 0.5) is 22.0 Å². The average Bonchev–Trinajstić information content (AvgIpc) is 2.97. The monoisotopic (exact) mass is 672 g/mol. The standard InChI is InChI=1S/C36H38ClF5N4O/c1-18(2)25(16-22-14-23(38)17-24(39)15-22)33-45-32-29(20(5)13-28(44-32)35(40)9-11-36(41,42)12-10-35)34(47)46(33)27-8-7-26(37)30(21(27)6)31(43)19(3)4/h7-8,13-15,17-19,25,43H,9-12,16H2,1-6H3. The molecule has 2 aromatic carbocycles. The number of alkyl halides is 3. The first-order chi connectivity index (χ1) is 21.9. The highest BCUT2D eigenvalue weighted by atomic mass is 35.5. The Morgan fingerprint density at radius 2 is 1.57 bits per heavy atom. The van der Waals surface area contributed by atoms with Crippen LogP contribution < -0.4 is 5.56 Å². The summed E-state index contributed by atoms with van der Waals surface area (Å²) in [5, 5.41) is 9.22. The van der Waals surface area contributed by atoms with Gasteiger partial charge in [0, 0.05) is 36.1 Å². The molecule has 5 nitrogen and oxygen atoms in total. The molecule has 2 heterocycles. The van der Waals surface area contributed by atoms with Gasteiger partial charge in [-0.15, -0.1) is 0 Å². The highest BCUT2D eigenvalue weighted by molar-refractivity contribution is 6.34. The van der Waals surface area contributed by atoms with E-state index in [1.807, 2.05) is 27.7 Å². The second kappa shape index (κ2) is 12.7. The van der Waals surface area contributed by atoms with Crippen LogP contribution in [-0.2, 0) is 12.1 Å². The number of halogens is 6. The minimum Gasteiger partial charge on any atom is -0.304 e. The van der Waals surface area contributed by atoms with Gasteiger partial charge in [0.1, 0.15) is 17.5 Å². The topological polar surface area (TPSA) is 71.6 Å². The second-order valence-electron chi connectivity index (χ2n) is 13.4. The maximum absolute atomic E-state index is 16.2. The normalized spacial score (nSPS) is 16.6. The molecule has 1 aliphatic rings. The molecule has 5 rings (SSSR count). The molecule has 1 N–H and O–H groups in total. The van der Waals surface area contributed by atoms with Crippen molar-refractivity contribution in [2.75, 3.05) is 0 Å². The van der Waals surface area contributed by atoms with Crippen LogP contribution in [0.25, 0.3) is 16.7 Å². The fourth-order valence-electron chi connectivity index (χ4n) is 6.49. The molecular formula is C36H38ClF5N4O. The highest BCUT2D eigenvalue weighted by Crippen LogP contribution is 2.46. The molecule has 0 amide bonds. The van der Waals surface area contributed by atoms with Gasteiger partial charge in [0.05, 0.1) is 21.8 Å². The van der Waals surface area contributed by atoms with E-state index in [0.29, 0.717) is 33.0 Å². The molecule has 1 saturated carbocycles. The van der Waals surface area contributed by atoms with Gasteiger partial charge in [0.25, 0.3) is 5.56 Å². The van der Waals surface area contributed by atoms with Gasteiger partial charge in [-0.2, -0.15) is 0 Å². The summed E-state index contributed by atoms with van der Waals surface area (Å²) in [6.07, 6.45) is -1.98. The smallest absolute Gasteiger partial charge is 0.267 e. The zero-order valence-electron chi connectivity index (χ0n) is 27.2. The Morgan fingerprint density at radius 3 is 2.15 bits per heavy atom. The lowest BCUT2D eigenvalue weighted by molar-refractivity contribution is -0.0784. The van der Waals surface area contributed by atoms with Crippen molar-refractivity contribution in [1.82, 2.24) is 14.5 Å². The zero-order valence-corrected chi connectivity index (χ0v) is 28.0. The molecule has 4 aromatic rings. The first kappa shape index (κ1) is 34.7. The molecule has 250 valence electrons. The van der Waals surface area contributed by atoms with Gasteiger partial charge >= 0.3 is 0 Å². The van der Waals surface area contributed by atoms with Crippen molar-refractivity contribution in [3.8, 4) is 5.69 Å². The van der Waals surface area contributed by atoms with Crippen molar-refractivity contribution in [3.05, 3.63) is 97.2 Å². The first-order valence-electron chi connectivity index (χ1n) is 15.8. The van der Waals surface area contributed by atoms with E-state index in [1.54, 1.807) is 26.0 Å². The van der Waals surface area contributed by atoms with Crippen LogP contribution in [-0.4, -0.2) is 26.2 Å². The molecule has 2 aromatic heterocycles. The van der Waals surface area contributed by atoms with Gasteiger partial charge < -0.3 is 5.41 Å². The van der Waals surface area contributed by atoms with E-state index < -0.39 is 60.4 Å². The molecule has 47 heavy (non-hydrogen) atoms. The molecule has 0 bridgehead atoms. The van der Waals surface area contributed by atoms with Gasteiger partial charge in [-0.3, -0.25) is 9.36 Å². The molecule has 0 saturated heterocycles. The van der Waals surface area contributed by atoms with Crippen LogP contribution in [0, 0.1) is 42.7 Å². The maximum Gasteiger partial charge on any atom is 0.267 e. The van der Waals surface area contributed by atoms with Gasteiger partial charge in [-0.1, -0.05) is 39.3 Å². The van der Waals surface area contributed by atoms with Crippen LogP contribution in [0.15, 0.2) is 41.2 Å². The predicted molar refractivity (Wildman–Crippen MR) is 175 cm³/mol. The van der Waals surface area contributed by atoms with Crippen LogP contribution in [0.2, 0.25) is 5.02 Å². The molecule has 0 aliphatic heterocycles. The molecule has 1 fully saturated rings. The zero-order chi connectivity index (χ0) is 34.6. The summed E-state index contributed by atoms with van der Waals surface area (Å²) in [7, 11) is 0. The number of nitrogens with zero attached hydrogens (tertiary/aromatic N) is 3. The summed E-state index contributed by atoms with van der Waals surface area (Å²) < 4.78 is 74.2. The summed E-state index contributed by atoms with van der Waals surface area (Å²) in [6.45, 7) is 10.9. The number of nitrogens with one attached hydrogen (secondary N) is 1. The average molecular weight is 673 g/mol. The SMILES string of the molecule is Cc1c(-n2c(C(Cc3cc(F)cc(F)c3)C(C)C)nc3nc(C4(F)CCC(F)(F)CC4)cc(C)c3c2=O)ccc(Cl)c1C(=N)C(C)C. The summed E-state index contributed by atoms with van der Waals surface area (Å²) in [4.78, 5) is 24.0. The summed E-state index contributed by atoms with van der Waals surface area (Å²) >= 11 is 6.59. The van der Waals surface area contributed by atoms with Crippen molar-refractivity contribution in [1.29, 1.82) is 5.41 Å². The van der Waals surface area contributed by atoms with Crippen LogP contribution in [0.5, 0.6) is 0 Å². The van der Waals surface area contributed by atoms with E-state index >= 15 is 4.39 Å². The van der Waals surface area contributed by atoms with E-state index in [1.165, 1.54) is 22.8 Å². The van der Waals surface area contributed by atoms with Crippen molar-refractivity contribution in [3.63, 3.8) is 0 Å².